The van der Waals surface area contributed by atoms with Crippen molar-refractivity contribution in [3.63, 3.8) is 0 Å². The van der Waals surface area contributed by atoms with E-state index >= 15 is 0 Å². The van der Waals surface area contributed by atoms with Crippen LogP contribution in [-0.4, -0.2) is 9.55 Å². The average molecular weight is 264 g/mol. The van der Waals surface area contributed by atoms with Gasteiger partial charge in [0.25, 0.3) is 5.56 Å². The first-order valence-electron chi connectivity index (χ1n) is 6.64. The van der Waals surface area contributed by atoms with E-state index in [2.05, 4.69) is 4.98 Å². The summed E-state index contributed by atoms with van der Waals surface area (Å²) in [6.45, 7) is 5.86. The van der Waals surface area contributed by atoms with Crippen LogP contribution in [0.3, 0.4) is 0 Å². The number of hydrogen-bond acceptors (Lipinski definition) is 2. The van der Waals surface area contributed by atoms with Crippen LogP contribution in [0.1, 0.15) is 17.0 Å². The summed E-state index contributed by atoms with van der Waals surface area (Å²) < 4.78 is 1.68. The van der Waals surface area contributed by atoms with E-state index in [0.29, 0.717) is 11.2 Å². The summed E-state index contributed by atoms with van der Waals surface area (Å²) in [5.74, 6) is 0.711. The van der Waals surface area contributed by atoms with E-state index in [1.165, 1.54) is 0 Å². The Kier molecular flexibility index (Phi) is 2.90. The molecular weight excluding hydrogens is 248 g/mol. The Morgan fingerprint density at radius 1 is 1.00 bits per heavy atom. The lowest BCUT2D eigenvalue weighted by Gasteiger charge is -2.12. The highest BCUT2D eigenvalue weighted by molar-refractivity contribution is 5.81. The zero-order valence-corrected chi connectivity index (χ0v) is 11.8. The molecule has 3 rings (SSSR count). The minimum Gasteiger partial charge on any atom is -0.268 e. The molecule has 0 aliphatic heterocycles. The Labute approximate surface area is 117 Å². The van der Waals surface area contributed by atoms with Gasteiger partial charge in [-0.15, -0.1) is 0 Å². The number of hydrogen-bond donors (Lipinski definition) is 0. The topological polar surface area (TPSA) is 34.9 Å². The Balaban J connectivity index is 2.41. The van der Waals surface area contributed by atoms with Crippen LogP contribution >= 0.6 is 0 Å². The first-order chi connectivity index (χ1) is 9.58. The van der Waals surface area contributed by atoms with Gasteiger partial charge in [0, 0.05) is 0 Å². The molecule has 0 atom stereocenters. The van der Waals surface area contributed by atoms with Crippen molar-refractivity contribution < 1.29 is 0 Å². The van der Waals surface area contributed by atoms with Crippen molar-refractivity contribution in [2.75, 3.05) is 0 Å². The van der Waals surface area contributed by atoms with Gasteiger partial charge in [-0.3, -0.25) is 9.36 Å². The second-order valence-corrected chi connectivity index (χ2v) is 5.11. The van der Waals surface area contributed by atoms with E-state index < -0.39 is 0 Å². The van der Waals surface area contributed by atoms with Crippen LogP contribution in [0.2, 0.25) is 0 Å². The molecule has 3 aromatic rings. The molecule has 0 N–H and O–H groups in total. The van der Waals surface area contributed by atoms with E-state index in [1.807, 2.05) is 63.2 Å². The van der Waals surface area contributed by atoms with E-state index in [-0.39, 0.29) is 5.56 Å². The fourth-order valence-electron chi connectivity index (χ4n) is 2.53. The number of aryl methyl sites for hydroxylation is 3. The van der Waals surface area contributed by atoms with Crippen molar-refractivity contribution in [3.8, 4) is 5.69 Å². The summed E-state index contributed by atoms with van der Waals surface area (Å²) in [4.78, 5) is 17.3. The van der Waals surface area contributed by atoms with Gasteiger partial charge in [-0.1, -0.05) is 24.3 Å². The molecule has 0 spiro atoms. The molecule has 1 aromatic heterocycles. The zero-order valence-electron chi connectivity index (χ0n) is 11.8. The van der Waals surface area contributed by atoms with Gasteiger partial charge in [-0.25, -0.2) is 4.98 Å². The summed E-state index contributed by atoms with van der Waals surface area (Å²) in [6, 6.07) is 13.6. The molecule has 20 heavy (non-hydrogen) atoms. The number of nitrogens with zero attached hydrogens (tertiary/aromatic N) is 2. The van der Waals surface area contributed by atoms with Gasteiger partial charge in [0.1, 0.15) is 5.82 Å². The van der Waals surface area contributed by atoms with E-state index in [0.717, 1.165) is 22.3 Å². The van der Waals surface area contributed by atoms with Crippen LogP contribution in [0.4, 0.5) is 0 Å². The lowest BCUT2D eigenvalue weighted by Crippen LogP contribution is -2.22. The Hall–Kier alpha value is -2.42. The van der Waals surface area contributed by atoms with Crippen molar-refractivity contribution in [1.29, 1.82) is 0 Å². The average Bonchev–Trinajstić information content (AvgIpc) is 2.40. The first-order valence-corrected chi connectivity index (χ1v) is 6.64. The van der Waals surface area contributed by atoms with Gasteiger partial charge in [-0.2, -0.15) is 0 Å². The summed E-state index contributed by atoms with van der Waals surface area (Å²) in [6.07, 6.45) is 0. The minimum atomic E-state index is -0.0122. The second-order valence-electron chi connectivity index (χ2n) is 5.11. The largest absolute Gasteiger partial charge is 0.268 e. The normalized spacial score (nSPS) is 10.9. The van der Waals surface area contributed by atoms with Crippen molar-refractivity contribution >= 4 is 10.9 Å². The Bertz CT molecular complexity index is 862. The van der Waals surface area contributed by atoms with Crippen LogP contribution in [0.5, 0.6) is 0 Å². The maximum absolute atomic E-state index is 12.7. The van der Waals surface area contributed by atoms with E-state index in [9.17, 15) is 4.79 Å². The van der Waals surface area contributed by atoms with Crippen molar-refractivity contribution in [2.45, 2.75) is 20.8 Å². The third kappa shape index (κ3) is 1.92. The second kappa shape index (κ2) is 4.60. The summed E-state index contributed by atoms with van der Waals surface area (Å²) >= 11 is 0. The predicted octanol–water partition coefficient (Wildman–Crippen LogP) is 3.31. The highest BCUT2D eigenvalue weighted by Crippen LogP contribution is 2.16. The van der Waals surface area contributed by atoms with Crippen LogP contribution < -0.4 is 5.56 Å². The quantitative estimate of drug-likeness (QED) is 0.676. The maximum Gasteiger partial charge on any atom is 0.265 e. The molecule has 100 valence electrons. The van der Waals surface area contributed by atoms with Crippen LogP contribution in [0.25, 0.3) is 16.6 Å². The highest BCUT2D eigenvalue weighted by Gasteiger charge is 2.10. The number of rotatable bonds is 1. The smallest absolute Gasteiger partial charge is 0.265 e. The van der Waals surface area contributed by atoms with Gasteiger partial charge in [0.2, 0.25) is 0 Å². The number of para-hydroxylation sites is 1. The molecule has 0 unspecified atom stereocenters. The maximum atomic E-state index is 12.7. The SMILES string of the molecule is Cc1cccc(-n2c(C)nc3c(C)cccc3c2=O)c1. The number of fused-ring (bicyclic) bond motifs is 1. The fourth-order valence-corrected chi connectivity index (χ4v) is 2.53. The Morgan fingerprint density at radius 3 is 2.50 bits per heavy atom. The lowest BCUT2D eigenvalue weighted by molar-refractivity contribution is 0.892. The molecular formula is C17H16N2O. The molecule has 0 fully saturated rings. The molecule has 0 radical (unpaired) electrons. The van der Waals surface area contributed by atoms with Crippen molar-refractivity contribution in [3.05, 3.63) is 69.8 Å². The fraction of sp³-hybridized carbons (Fsp3) is 0.176. The van der Waals surface area contributed by atoms with Crippen molar-refractivity contribution in [2.24, 2.45) is 0 Å². The predicted molar refractivity (Wildman–Crippen MR) is 81.6 cm³/mol. The third-order valence-electron chi connectivity index (χ3n) is 3.53. The van der Waals surface area contributed by atoms with E-state index in [4.69, 9.17) is 0 Å². The highest BCUT2D eigenvalue weighted by atomic mass is 16.1. The van der Waals surface area contributed by atoms with Crippen LogP contribution in [0, 0.1) is 20.8 Å². The van der Waals surface area contributed by atoms with Crippen LogP contribution in [-0.2, 0) is 0 Å². The van der Waals surface area contributed by atoms with Gasteiger partial charge in [0.15, 0.2) is 0 Å². The first kappa shape index (κ1) is 12.6. The summed E-state index contributed by atoms with van der Waals surface area (Å²) in [7, 11) is 0. The monoisotopic (exact) mass is 264 g/mol. The molecule has 0 saturated heterocycles. The molecule has 0 aliphatic rings. The van der Waals surface area contributed by atoms with Gasteiger partial charge in [-0.05, 0) is 50.1 Å². The minimum absolute atomic E-state index is 0.0122. The zero-order chi connectivity index (χ0) is 14.3. The molecule has 0 aliphatic carbocycles. The molecule has 0 amide bonds. The summed E-state index contributed by atoms with van der Waals surface area (Å²) in [5, 5.41) is 0.664. The van der Waals surface area contributed by atoms with Crippen molar-refractivity contribution in [1.82, 2.24) is 9.55 Å². The number of benzene rings is 2. The Morgan fingerprint density at radius 2 is 1.75 bits per heavy atom. The molecule has 1 heterocycles. The molecule has 0 saturated carbocycles. The van der Waals surface area contributed by atoms with E-state index in [1.54, 1.807) is 4.57 Å². The third-order valence-corrected chi connectivity index (χ3v) is 3.53. The van der Waals surface area contributed by atoms with Crippen LogP contribution in [0.15, 0.2) is 47.3 Å². The van der Waals surface area contributed by atoms with Gasteiger partial charge >= 0.3 is 0 Å². The molecule has 3 nitrogen and oxygen atoms in total. The van der Waals surface area contributed by atoms with Gasteiger partial charge < -0.3 is 0 Å². The lowest BCUT2D eigenvalue weighted by atomic mass is 10.1. The summed E-state index contributed by atoms with van der Waals surface area (Å²) in [5.41, 5.74) is 3.79. The number of aromatic nitrogens is 2. The molecule has 2 aromatic carbocycles. The molecule has 3 heteroatoms. The van der Waals surface area contributed by atoms with Gasteiger partial charge in [0.05, 0.1) is 16.6 Å². The molecule has 0 bridgehead atoms. The standard InChI is InChI=1S/C17H16N2O/c1-11-6-4-8-14(10-11)19-13(3)18-16-12(2)7-5-9-15(16)17(19)20/h4-10H,1-3H3.